The summed E-state index contributed by atoms with van der Waals surface area (Å²) < 4.78 is 2.39. The number of rotatable bonds is 5. The molecule has 0 saturated carbocycles. The summed E-state index contributed by atoms with van der Waals surface area (Å²) in [5, 5.41) is 11.3. The highest BCUT2D eigenvalue weighted by Gasteiger charge is 2.14. The molecule has 9 aromatic rings. The molecule has 0 fully saturated rings. The molecule has 2 heteroatoms. The lowest BCUT2D eigenvalue weighted by Crippen LogP contribution is -1.95. The Balaban J connectivity index is 1.12. The van der Waals surface area contributed by atoms with Gasteiger partial charge in [-0.05, 0) is 92.3 Å². The van der Waals surface area contributed by atoms with Crippen LogP contribution in [0.3, 0.4) is 0 Å². The number of para-hydroxylation sites is 1. The molecule has 2 nitrogen and oxygen atoms in total. The zero-order valence-electron chi connectivity index (χ0n) is 25.2. The number of hydrogen-bond acceptors (Lipinski definition) is 1. The Morgan fingerprint density at radius 3 is 1.74 bits per heavy atom. The maximum absolute atomic E-state index is 3.65. The quantitative estimate of drug-likeness (QED) is 0.199. The minimum atomic E-state index is 1.06. The van der Waals surface area contributed by atoms with E-state index in [1.807, 2.05) is 0 Å². The molecule has 0 amide bonds. The summed E-state index contributed by atoms with van der Waals surface area (Å²) in [6.45, 7) is 0. The topological polar surface area (TPSA) is 17.0 Å². The predicted molar refractivity (Wildman–Crippen MR) is 196 cm³/mol. The highest BCUT2D eigenvalue weighted by atomic mass is 15.0. The molecule has 0 atom stereocenters. The Labute approximate surface area is 267 Å². The van der Waals surface area contributed by atoms with Crippen molar-refractivity contribution in [2.24, 2.45) is 0 Å². The van der Waals surface area contributed by atoms with E-state index in [-0.39, 0.29) is 0 Å². The number of nitrogens with one attached hydrogen (secondary N) is 1. The monoisotopic (exact) mass is 586 g/mol. The molecule has 46 heavy (non-hydrogen) atoms. The Morgan fingerprint density at radius 2 is 0.935 bits per heavy atom. The van der Waals surface area contributed by atoms with Crippen LogP contribution >= 0.6 is 0 Å². The van der Waals surface area contributed by atoms with E-state index in [9.17, 15) is 0 Å². The lowest BCUT2D eigenvalue weighted by Gasteiger charge is -2.13. The molecule has 0 spiro atoms. The first-order chi connectivity index (χ1) is 22.8. The van der Waals surface area contributed by atoms with Gasteiger partial charge in [0.2, 0.25) is 0 Å². The smallest absolute Gasteiger partial charge is 0.0561 e. The molecular formula is C44H30N2. The van der Waals surface area contributed by atoms with Crippen molar-refractivity contribution >= 4 is 54.7 Å². The van der Waals surface area contributed by atoms with Gasteiger partial charge in [0.25, 0.3) is 0 Å². The number of fused-ring (bicyclic) bond motifs is 6. The van der Waals surface area contributed by atoms with Gasteiger partial charge in [-0.3, -0.25) is 0 Å². The van der Waals surface area contributed by atoms with Crippen molar-refractivity contribution in [3.63, 3.8) is 0 Å². The van der Waals surface area contributed by atoms with Crippen LogP contribution in [-0.4, -0.2) is 4.57 Å². The van der Waals surface area contributed by atoms with Crippen LogP contribution in [0, 0.1) is 0 Å². The van der Waals surface area contributed by atoms with Gasteiger partial charge >= 0.3 is 0 Å². The second-order valence-electron chi connectivity index (χ2n) is 11.9. The van der Waals surface area contributed by atoms with Gasteiger partial charge in [0.05, 0.1) is 11.0 Å². The van der Waals surface area contributed by atoms with E-state index in [2.05, 4.69) is 186 Å². The average Bonchev–Trinajstić information content (AvgIpc) is 3.45. The number of aromatic nitrogens is 1. The van der Waals surface area contributed by atoms with Crippen LogP contribution in [0.5, 0.6) is 0 Å². The lowest BCUT2D eigenvalue weighted by molar-refractivity contribution is 1.18. The summed E-state index contributed by atoms with van der Waals surface area (Å²) in [5.41, 5.74) is 10.5. The highest BCUT2D eigenvalue weighted by molar-refractivity contribution is 6.14. The third-order valence-corrected chi connectivity index (χ3v) is 9.16. The molecule has 0 aliphatic carbocycles. The van der Waals surface area contributed by atoms with Crippen molar-refractivity contribution in [2.45, 2.75) is 0 Å². The number of hydrogen-bond donors (Lipinski definition) is 1. The minimum absolute atomic E-state index is 1.06. The molecule has 0 radical (unpaired) electrons. The predicted octanol–water partition coefficient (Wildman–Crippen LogP) is 12.2. The maximum Gasteiger partial charge on any atom is 0.0561 e. The van der Waals surface area contributed by atoms with E-state index in [0.717, 1.165) is 17.1 Å². The van der Waals surface area contributed by atoms with Crippen molar-refractivity contribution in [3.8, 4) is 27.9 Å². The molecule has 0 unspecified atom stereocenters. The van der Waals surface area contributed by atoms with Crippen LogP contribution < -0.4 is 5.32 Å². The van der Waals surface area contributed by atoms with E-state index < -0.39 is 0 Å². The van der Waals surface area contributed by atoms with Gasteiger partial charge in [0, 0.05) is 27.8 Å². The fraction of sp³-hybridized carbons (Fsp3) is 0. The zero-order chi connectivity index (χ0) is 30.5. The van der Waals surface area contributed by atoms with Gasteiger partial charge in [-0.15, -0.1) is 0 Å². The summed E-state index contributed by atoms with van der Waals surface area (Å²) in [4.78, 5) is 0. The molecule has 1 aromatic heterocycles. The lowest BCUT2D eigenvalue weighted by atomic mass is 9.93. The molecule has 0 aliphatic heterocycles. The zero-order valence-corrected chi connectivity index (χ0v) is 25.2. The van der Waals surface area contributed by atoms with Crippen LogP contribution in [0.25, 0.3) is 71.3 Å². The van der Waals surface area contributed by atoms with Gasteiger partial charge in [-0.2, -0.15) is 0 Å². The van der Waals surface area contributed by atoms with E-state index >= 15 is 0 Å². The van der Waals surface area contributed by atoms with Crippen LogP contribution in [0.15, 0.2) is 176 Å². The summed E-state index contributed by atoms with van der Waals surface area (Å²) in [5.74, 6) is 0. The number of benzene rings is 8. The molecule has 0 bridgehead atoms. The Bertz CT molecular complexity index is 2520. The number of anilines is 2. The van der Waals surface area contributed by atoms with Gasteiger partial charge in [-0.25, -0.2) is 0 Å². The number of nitrogens with zero attached hydrogens (tertiary/aromatic N) is 1. The van der Waals surface area contributed by atoms with Crippen molar-refractivity contribution in [1.82, 2.24) is 4.57 Å². The first-order valence-corrected chi connectivity index (χ1v) is 15.8. The average molecular weight is 587 g/mol. The van der Waals surface area contributed by atoms with Gasteiger partial charge in [0.15, 0.2) is 0 Å². The maximum atomic E-state index is 3.65. The molecule has 0 saturated heterocycles. The normalized spacial score (nSPS) is 11.5. The molecule has 1 heterocycles. The fourth-order valence-corrected chi connectivity index (χ4v) is 6.95. The molecule has 9 rings (SSSR count). The first kappa shape index (κ1) is 26.3. The molecule has 216 valence electrons. The van der Waals surface area contributed by atoms with Crippen LogP contribution in [-0.2, 0) is 0 Å². The highest BCUT2D eigenvalue weighted by Crippen LogP contribution is 2.37. The molecule has 1 N–H and O–H groups in total. The molecule has 8 aromatic carbocycles. The Kier molecular flexibility index (Phi) is 6.17. The summed E-state index contributed by atoms with van der Waals surface area (Å²) >= 11 is 0. The second kappa shape index (κ2) is 10.8. The van der Waals surface area contributed by atoms with E-state index in [1.54, 1.807) is 0 Å². The van der Waals surface area contributed by atoms with Crippen LogP contribution in [0.1, 0.15) is 0 Å². The van der Waals surface area contributed by atoms with Crippen molar-refractivity contribution in [3.05, 3.63) is 176 Å². The molecule has 0 aliphatic rings. The second-order valence-corrected chi connectivity index (χ2v) is 11.9. The van der Waals surface area contributed by atoms with E-state index in [4.69, 9.17) is 0 Å². The third kappa shape index (κ3) is 4.43. The van der Waals surface area contributed by atoms with Gasteiger partial charge < -0.3 is 9.88 Å². The van der Waals surface area contributed by atoms with Gasteiger partial charge in [0.1, 0.15) is 0 Å². The largest absolute Gasteiger partial charge is 0.355 e. The van der Waals surface area contributed by atoms with Crippen LogP contribution in [0.4, 0.5) is 11.4 Å². The SMILES string of the molecule is c1ccc(-c2ccc(Nc3ccc4c5ccccc5n(-c5ccc(-c6cc7ccccc7c7ccccc67)cc5)c4c3)cc2)cc1. The van der Waals surface area contributed by atoms with Crippen LogP contribution in [0.2, 0.25) is 0 Å². The first-order valence-electron chi connectivity index (χ1n) is 15.8. The third-order valence-electron chi connectivity index (χ3n) is 9.16. The Morgan fingerprint density at radius 1 is 0.348 bits per heavy atom. The summed E-state index contributed by atoms with van der Waals surface area (Å²) in [7, 11) is 0. The summed E-state index contributed by atoms with van der Waals surface area (Å²) in [6.07, 6.45) is 0. The minimum Gasteiger partial charge on any atom is -0.355 e. The van der Waals surface area contributed by atoms with E-state index in [1.165, 1.54) is 65.6 Å². The molecular weight excluding hydrogens is 556 g/mol. The summed E-state index contributed by atoms with van der Waals surface area (Å²) in [6, 6.07) is 63.3. The van der Waals surface area contributed by atoms with E-state index in [0.29, 0.717) is 0 Å². The van der Waals surface area contributed by atoms with Crippen molar-refractivity contribution in [2.75, 3.05) is 5.32 Å². The standard InChI is InChI=1S/C44H30N2/c1-2-10-30(11-3-1)31-18-22-34(23-19-31)45-35-24-27-41-40-16-8-9-17-43(40)46(44(41)29-35)36-25-20-32(21-26-36)42-28-33-12-4-5-13-37(33)38-14-6-7-15-39(38)42/h1-29,45H. The van der Waals surface area contributed by atoms with Crippen molar-refractivity contribution < 1.29 is 0 Å². The van der Waals surface area contributed by atoms with Crippen molar-refractivity contribution in [1.29, 1.82) is 0 Å². The van der Waals surface area contributed by atoms with Gasteiger partial charge in [-0.1, -0.05) is 127 Å². The fourth-order valence-electron chi connectivity index (χ4n) is 6.95. The Hall–Kier alpha value is -6.12.